The maximum atomic E-state index is 11.7. The van der Waals surface area contributed by atoms with Crippen molar-refractivity contribution in [2.24, 2.45) is 5.92 Å². The van der Waals surface area contributed by atoms with Crippen molar-refractivity contribution in [3.05, 3.63) is 0 Å². The maximum absolute atomic E-state index is 11.7. The van der Waals surface area contributed by atoms with Crippen LogP contribution in [0.25, 0.3) is 0 Å². The number of amides is 1. The summed E-state index contributed by atoms with van der Waals surface area (Å²) < 4.78 is 0. The number of nitrogens with one attached hydrogen (secondary N) is 2. The molecule has 1 aliphatic rings. The number of hydrogen-bond donors (Lipinski definition) is 2. The standard InChI is InChI=1S/C13H26N2O/c1-10(2)12(13(16)14-3)15-11-8-6-4-5-7-9-11/h10-12,15H,4-9H2,1-3H3,(H,14,16). The molecule has 0 saturated heterocycles. The van der Waals surface area contributed by atoms with E-state index >= 15 is 0 Å². The quantitative estimate of drug-likeness (QED) is 0.721. The molecule has 0 radical (unpaired) electrons. The fraction of sp³-hybridized carbons (Fsp3) is 0.923. The van der Waals surface area contributed by atoms with Gasteiger partial charge in [-0.15, -0.1) is 0 Å². The van der Waals surface area contributed by atoms with E-state index < -0.39 is 0 Å². The van der Waals surface area contributed by atoms with Crippen molar-refractivity contribution in [3.8, 4) is 0 Å². The molecule has 3 heteroatoms. The van der Waals surface area contributed by atoms with E-state index in [2.05, 4.69) is 24.5 Å². The molecule has 1 saturated carbocycles. The molecule has 3 nitrogen and oxygen atoms in total. The Labute approximate surface area is 99.4 Å². The zero-order valence-electron chi connectivity index (χ0n) is 10.9. The first-order valence-electron chi connectivity index (χ1n) is 6.62. The van der Waals surface area contributed by atoms with Crippen LogP contribution >= 0.6 is 0 Å². The third-order valence-corrected chi connectivity index (χ3v) is 3.47. The summed E-state index contributed by atoms with van der Waals surface area (Å²) in [7, 11) is 1.71. The summed E-state index contributed by atoms with van der Waals surface area (Å²) in [4.78, 5) is 11.7. The Balaban J connectivity index is 2.49. The van der Waals surface area contributed by atoms with E-state index in [9.17, 15) is 4.79 Å². The van der Waals surface area contributed by atoms with Gasteiger partial charge in [0.1, 0.15) is 0 Å². The number of rotatable bonds is 4. The SMILES string of the molecule is CNC(=O)C(NC1CCCCCC1)C(C)C. The third-order valence-electron chi connectivity index (χ3n) is 3.47. The Bertz CT molecular complexity index is 208. The highest BCUT2D eigenvalue weighted by atomic mass is 16.2. The van der Waals surface area contributed by atoms with Crippen LogP contribution in [0.3, 0.4) is 0 Å². The van der Waals surface area contributed by atoms with Gasteiger partial charge >= 0.3 is 0 Å². The number of carbonyl (C=O) groups is 1. The van der Waals surface area contributed by atoms with Crippen LogP contribution in [0.2, 0.25) is 0 Å². The normalized spacial score (nSPS) is 20.5. The lowest BCUT2D eigenvalue weighted by atomic mass is 10.00. The van der Waals surface area contributed by atoms with E-state index in [1.807, 2.05) is 0 Å². The molecule has 1 rings (SSSR count). The van der Waals surface area contributed by atoms with Gasteiger partial charge in [-0.05, 0) is 18.8 Å². The molecule has 1 amide bonds. The number of likely N-dealkylation sites (N-methyl/N-ethyl adjacent to an activating group) is 1. The van der Waals surface area contributed by atoms with Crippen molar-refractivity contribution in [2.75, 3.05) is 7.05 Å². The van der Waals surface area contributed by atoms with Gasteiger partial charge in [0.15, 0.2) is 0 Å². The van der Waals surface area contributed by atoms with Crippen LogP contribution < -0.4 is 10.6 Å². The fourth-order valence-electron chi connectivity index (χ4n) is 2.43. The summed E-state index contributed by atoms with van der Waals surface area (Å²) in [5.74, 6) is 0.474. The van der Waals surface area contributed by atoms with Gasteiger partial charge in [-0.3, -0.25) is 4.79 Å². The van der Waals surface area contributed by atoms with E-state index in [4.69, 9.17) is 0 Å². The Morgan fingerprint density at radius 3 is 2.12 bits per heavy atom. The average Bonchev–Trinajstić information content (AvgIpc) is 2.52. The van der Waals surface area contributed by atoms with E-state index in [0.717, 1.165) is 0 Å². The molecule has 0 aromatic rings. The van der Waals surface area contributed by atoms with E-state index in [1.54, 1.807) is 7.05 Å². The minimum Gasteiger partial charge on any atom is -0.358 e. The molecule has 2 N–H and O–H groups in total. The summed E-state index contributed by atoms with van der Waals surface area (Å²) in [5, 5.41) is 6.28. The van der Waals surface area contributed by atoms with Crippen LogP contribution in [0.15, 0.2) is 0 Å². The van der Waals surface area contributed by atoms with Crippen molar-refractivity contribution in [2.45, 2.75) is 64.5 Å². The lowest BCUT2D eigenvalue weighted by molar-refractivity contribution is -0.123. The maximum Gasteiger partial charge on any atom is 0.237 e. The highest BCUT2D eigenvalue weighted by molar-refractivity contribution is 5.81. The monoisotopic (exact) mass is 226 g/mol. The molecule has 0 aromatic heterocycles. The Morgan fingerprint density at radius 2 is 1.69 bits per heavy atom. The molecule has 1 fully saturated rings. The van der Waals surface area contributed by atoms with Gasteiger partial charge in [-0.25, -0.2) is 0 Å². The van der Waals surface area contributed by atoms with E-state index in [-0.39, 0.29) is 11.9 Å². The first-order valence-corrected chi connectivity index (χ1v) is 6.62. The minimum atomic E-state index is -0.0342. The average molecular weight is 226 g/mol. The second-order valence-electron chi connectivity index (χ2n) is 5.19. The topological polar surface area (TPSA) is 41.1 Å². The highest BCUT2D eigenvalue weighted by Crippen LogP contribution is 2.18. The van der Waals surface area contributed by atoms with E-state index in [0.29, 0.717) is 12.0 Å². The molecule has 0 aliphatic heterocycles. The molecule has 16 heavy (non-hydrogen) atoms. The molecule has 0 bridgehead atoms. The van der Waals surface area contributed by atoms with Crippen molar-refractivity contribution in [3.63, 3.8) is 0 Å². The summed E-state index contributed by atoms with van der Waals surface area (Å²) in [6, 6.07) is 0.500. The summed E-state index contributed by atoms with van der Waals surface area (Å²) in [5.41, 5.74) is 0. The van der Waals surface area contributed by atoms with Crippen molar-refractivity contribution >= 4 is 5.91 Å². The summed E-state index contributed by atoms with van der Waals surface area (Å²) in [6.45, 7) is 4.20. The minimum absolute atomic E-state index is 0.0342. The molecule has 0 aromatic carbocycles. The summed E-state index contributed by atoms with van der Waals surface area (Å²) >= 11 is 0. The van der Waals surface area contributed by atoms with Crippen molar-refractivity contribution < 1.29 is 4.79 Å². The van der Waals surface area contributed by atoms with Crippen LogP contribution in [-0.4, -0.2) is 25.0 Å². The van der Waals surface area contributed by atoms with E-state index in [1.165, 1.54) is 38.5 Å². The zero-order chi connectivity index (χ0) is 12.0. The second-order valence-corrected chi connectivity index (χ2v) is 5.19. The number of hydrogen-bond acceptors (Lipinski definition) is 2. The molecule has 1 atom stereocenters. The zero-order valence-corrected chi connectivity index (χ0v) is 10.9. The smallest absolute Gasteiger partial charge is 0.237 e. The van der Waals surface area contributed by atoms with Gasteiger partial charge in [0.05, 0.1) is 6.04 Å². The first kappa shape index (κ1) is 13.5. The summed E-state index contributed by atoms with van der Waals surface area (Å²) in [6.07, 6.45) is 7.75. The van der Waals surface area contributed by atoms with Crippen LogP contribution in [-0.2, 0) is 4.79 Å². The van der Waals surface area contributed by atoms with Gasteiger partial charge in [0, 0.05) is 13.1 Å². The molecule has 0 heterocycles. The first-order chi connectivity index (χ1) is 7.65. The largest absolute Gasteiger partial charge is 0.358 e. The van der Waals surface area contributed by atoms with Gasteiger partial charge in [0.25, 0.3) is 0 Å². The van der Waals surface area contributed by atoms with Gasteiger partial charge in [-0.1, -0.05) is 39.5 Å². The van der Waals surface area contributed by atoms with Gasteiger partial charge in [0.2, 0.25) is 5.91 Å². The lowest BCUT2D eigenvalue weighted by Gasteiger charge is -2.26. The second kappa shape index (κ2) is 6.89. The molecular weight excluding hydrogens is 200 g/mol. The molecule has 94 valence electrons. The molecular formula is C13H26N2O. The van der Waals surface area contributed by atoms with Crippen molar-refractivity contribution in [1.29, 1.82) is 0 Å². The van der Waals surface area contributed by atoms with Crippen LogP contribution in [0.4, 0.5) is 0 Å². The predicted octanol–water partition coefficient (Wildman–Crippen LogP) is 2.07. The lowest BCUT2D eigenvalue weighted by Crippen LogP contribution is -2.50. The Hall–Kier alpha value is -0.570. The highest BCUT2D eigenvalue weighted by Gasteiger charge is 2.24. The molecule has 1 aliphatic carbocycles. The molecule has 0 spiro atoms. The Morgan fingerprint density at radius 1 is 1.12 bits per heavy atom. The predicted molar refractivity (Wildman–Crippen MR) is 67.3 cm³/mol. The molecule has 1 unspecified atom stereocenters. The Kier molecular flexibility index (Phi) is 5.81. The van der Waals surface area contributed by atoms with Gasteiger partial charge in [-0.2, -0.15) is 0 Å². The van der Waals surface area contributed by atoms with Crippen molar-refractivity contribution in [1.82, 2.24) is 10.6 Å². The number of carbonyl (C=O) groups excluding carboxylic acids is 1. The fourth-order valence-corrected chi connectivity index (χ4v) is 2.43. The van der Waals surface area contributed by atoms with Crippen LogP contribution in [0.1, 0.15) is 52.4 Å². The van der Waals surface area contributed by atoms with Crippen LogP contribution in [0.5, 0.6) is 0 Å². The third kappa shape index (κ3) is 4.12. The van der Waals surface area contributed by atoms with Crippen LogP contribution in [0, 0.1) is 5.92 Å². The van der Waals surface area contributed by atoms with Gasteiger partial charge < -0.3 is 10.6 Å².